The normalized spacial score (nSPS) is 11.3. The van der Waals surface area contributed by atoms with Gasteiger partial charge in [0.15, 0.2) is 0 Å². The lowest BCUT2D eigenvalue weighted by Gasteiger charge is -2.17. The fraction of sp³-hybridized carbons (Fsp3) is 0.350. The van der Waals surface area contributed by atoms with Crippen LogP contribution in [0.4, 0.5) is 0 Å². The predicted molar refractivity (Wildman–Crippen MR) is 190 cm³/mol. The van der Waals surface area contributed by atoms with Crippen molar-refractivity contribution >= 4 is 11.9 Å². The molecule has 254 valence electrons. The van der Waals surface area contributed by atoms with Crippen molar-refractivity contribution in [1.29, 1.82) is 0 Å². The molecule has 0 saturated carbocycles. The average Bonchev–Trinajstić information content (AvgIpc) is 3.01. The van der Waals surface area contributed by atoms with Crippen molar-refractivity contribution in [2.24, 2.45) is 0 Å². The molecule has 1 unspecified atom stereocenters. The molecule has 4 aromatic rings. The van der Waals surface area contributed by atoms with Gasteiger partial charge < -0.3 is 19.7 Å². The van der Waals surface area contributed by atoms with Gasteiger partial charge in [-0.2, -0.15) is 0 Å². The van der Waals surface area contributed by atoms with E-state index in [9.17, 15) is 19.8 Å². The Morgan fingerprint density at radius 1 is 0.708 bits per heavy atom. The maximum atomic E-state index is 11.3. The minimum Gasteiger partial charge on any atom is -0.477 e. The molecule has 0 saturated heterocycles. The number of carboxylic acid groups (broad SMARTS) is 2. The highest BCUT2D eigenvalue weighted by Crippen LogP contribution is 2.30. The Balaban J connectivity index is 0.000000275. The fourth-order valence-electron chi connectivity index (χ4n) is 5.79. The number of benzene rings is 2. The minimum atomic E-state index is -1.51. The first-order chi connectivity index (χ1) is 22.9. The van der Waals surface area contributed by atoms with E-state index >= 15 is 0 Å². The molecular weight excluding hydrogens is 604 g/mol. The van der Waals surface area contributed by atoms with Gasteiger partial charge in [-0.1, -0.05) is 61.4 Å². The quantitative estimate of drug-likeness (QED) is 0.0636. The van der Waals surface area contributed by atoms with E-state index in [1.165, 1.54) is 22.3 Å². The Morgan fingerprint density at radius 2 is 1.19 bits per heavy atom. The van der Waals surface area contributed by atoms with Gasteiger partial charge in [0.2, 0.25) is 0 Å². The van der Waals surface area contributed by atoms with Crippen molar-refractivity contribution in [1.82, 2.24) is 9.97 Å². The summed E-state index contributed by atoms with van der Waals surface area (Å²) in [5.41, 5.74) is 11.9. The molecule has 0 bridgehead atoms. The Bertz CT molecular complexity index is 1700. The summed E-state index contributed by atoms with van der Waals surface area (Å²) < 4.78 is 11.3. The molecule has 1 atom stereocenters. The first-order valence-corrected chi connectivity index (χ1v) is 16.3. The zero-order valence-electron chi connectivity index (χ0n) is 29.4. The van der Waals surface area contributed by atoms with Gasteiger partial charge in [-0.3, -0.25) is 4.98 Å². The van der Waals surface area contributed by atoms with Gasteiger partial charge >= 0.3 is 11.9 Å². The van der Waals surface area contributed by atoms with Gasteiger partial charge in [-0.15, -0.1) is 0 Å². The number of nitrogens with zero attached hydrogens (tertiary/aromatic N) is 2. The summed E-state index contributed by atoms with van der Waals surface area (Å²) in [5.74, 6) is -3.03. The van der Waals surface area contributed by atoms with Crippen LogP contribution in [0.15, 0.2) is 72.3 Å². The molecule has 0 amide bonds. The third kappa shape index (κ3) is 10.4. The van der Waals surface area contributed by atoms with Gasteiger partial charge in [-0.25, -0.2) is 14.6 Å². The number of hydrogen-bond donors (Lipinski definition) is 2. The lowest BCUT2D eigenvalue weighted by molar-refractivity contribution is -0.140. The van der Waals surface area contributed by atoms with Crippen molar-refractivity contribution in [3.05, 3.63) is 117 Å². The summed E-state index contributed by atoms with van der Waals surface area (Å²) in [6, 6.07) is 20.1. The maximum absolute atomic E-state index is 11.3. The summed E-state index contributed by atoms with van der Waals surface area (Å²) >= 11 is 0. The lowest BCUT2D eigenvalue weighted by atomic mass is 9.96. The Kier molecular flexibility index (Phi) is 14.2. The molecule has 4 rings (SSSR count). The molecular formula is C40H48N2O6. The molecule has 8 heteroatoms. The Labute approximate surface area is 284 Å². The highest BCUT2D eigenvalue weighted by Gasteiger charge is 2.22. The molecule has 0 radical (unpaired) electrons. The molecule has 2 aromatic carbocycles. The molecule has 0 aliphatic rings. The molecule has 0 aliphatic heterocycles. The van der Waals surface area contributed by atoms with E-state index in [0.29, 0.717) is 25.3 Å². The van der Waals surface area contributed by atoms with Crippen molar-refractivity contribution in [3.8, 4) is 22.5 Å². The topological polar surface area (TPSA) is 119 Å². The first-order valence-electron chi connectivity index (χ1n) is 16.3. The molecule has 8 nitrogen and oxygen atoms in total. The van der Waals surface area contributed by atoms with Crippen molar-refractivity contribution in [2.75, 3.05) is 13.2 Å². The maximum Gasteiger partial charge on any atom is 0.342 e. The largest absolute Gasteiger partial charge is 0.477 e. The van der Waals surface area contributed by atoms with Gasteiger partial charge in [0.05, 0.1) is 29.4 Å². The summed E-state index contributed by atoms with van der Waals surface area (Å²) in [6.45, 7) is 18.3. The van der Waals surface area contributed by atoms with Crippen LogP contribution in [0.1, 0.15) is 77.6 Å². The van der Waals surface area contributed by atoms with Crippen LogP contribution in [-0.4, -0.2) is 45.3 Å². The third-order valence-corrected chi connectivity index (χ3v) is 7.61. The number of aliphatic carboxylic acids is 2. The summed E-state index contributed by atoms with van der Waals surface area (Å²) in [6.07, 6.45) is 1.97. The third-order valence-electron chi connectivity index (χ3n) is 7.61. The monoisotopic (exact) mass is 652 g/mol. The Hall–Kier alpha value is -4.66. The highest BCUT2D eigenvalue weighted by atomic mass is 16.5. The van der Waals surface area contributed by atoms with Crippen LogP contribution in [0.5, 0.6) is 0 Å². The second kappa shape index (κ2) is 18.0. The van der Waals surface area contributed by atoms with E-state index in [1.807, 2.05) is 45.9 Å². The van der Waals surface area contributed by atoms with Gasteiger partial charge in [-0.05, 0) is 107 Å². The van der Waals surface area contributed by atoms with Crippen LogP contribution in [0.25, 0.3) is 22.5 Å². The standard InChI is InChI=1S/C22H25NO5.C18H23NO/c1-5-9-28-19(12-16(21(24)25)22(26)27)17-7-6-8-18(23-17)20-14(3)10-13(2)11-15(20)4;1-5-9-20-12-16-7-6-8-17(19-16)18-14(3)10-13(2)11-15(18)4/h6-8,10-12,19H,5,9H2,1-4H3,(H,24,25)(H,26,27);6-8,10-11H,5,9,12H2,1-4H3. The predicted octanol–water partition coefficient (Wildman–Crippen LogP) is 8.84. The number of carboxylic acids is 2. The summed E-state index contributed by atoms with van der Waals surface area (Å²) in [4.78, 5) is 31.9. The van der Waals surface area contributed by atoms with Crippen LogP contribution in [0.3, 0.4) is 0 Å². The second-order valence-electron chi connectivity index (χ2n) is 12.0. The SMILES string of the molecule is CCCOC(C=C(C(=O)O)C(=O)O)c1cccc(-c2c(C)cc(C)cc2C)n1.CCCOCc1cccc(-c2c(C)cc(C)cc2C)n1. The van der Waals surface area contributed by atoms with Crippen LogP contribution in [0.2, 0.25) is 0 Å². The van der Waals surface area contributed by atoms with E-state index in [-0.39, 0.29) is 0 Å². The number of aromatic nitrogens is 2. The smallest absolute Gasteiger partial charge is 0.342 e. The number of aryl methyl sites for hydroxylation is 6. The average molecular weight is 653 g/mol. The van der Waals surface area contributed by atoms with Gasteiger partial charge in [0.25, 0.3) is 0 Å². The van der Waals surface area contributed by atoms with Crippen molar-refractivity contribution < 1.29 is 29.3 Å². The molecule has 2 heterocycles. The number of hydrogen-bond acceptors (Lipinski definition) is 6. The number of pyridine rings is 2. The fourth-order valence-corrected chi connectivity index (χ4v) is 5.79. The van der Waals surface area contributed by atoms with Crippen molar-refractivity contribution in [2.45, 2.75) is 80.9 Å². The minimum absolute atomic E-state index is 0.349. The van der Waals surface area contributed by atoms with Crippen molar-refractivity contribution in [3.63, 3.8) is 0 Å². The van der Waals surface area contributed by atoms with E-state index in [1.54, 1.807) is 6.07 Å². The van der Waals surface area contributed by atoms with E-state index in [4.69, 9.17) is 14.5 Å². The molecule has 0 aliphatic carbocycles. The highest BCUT2D eigenvalue weighted by molar-refractivity contribution is 6.12. The van der Waals surface area contributed by atoms with Crippen LogP contribution in [0, 0.1) is 41.5 Å². The summed E-state index contributed by atoms with van der Waals surface area (Å²) in [7, 11) is 0. The Morgan fingerprint density at radius 3 is 1.67 bits per heavy atom. The molecule has 0 spiro atoms. The zero-order chi connectivity index (χ0) is 35.4. The number of ether oxygens (including phenoxy) is 2. The molecule has 2 N–H and O–H groups in total. The molecule has 2 aromatic heterocycles. The van der Waals surface area contributed by atoms with Crippen LogP contribution >= 0.6 is 0 Å². The zero-order valence-corrected chi connectivity index (χ0v) is 29.4. The molecule has 48 heavy (non-hydrogen) atoms. The molecule has 0 fully saturated rings. The number of carbonyl (C=O) groups is 2. The van der Waals surface area contributed by atoms with Gasteiger partial charge in [0.1, 0.15) is 11.7 Å². The van der Waals surface area contributed by atoms with Crippen LogP contribution in [-0.2, 0) is 25.7 Å². The van der Waals surface area contributed by atoms with E-state index < -0.39 is 23.6 Å². The second-order valence-corrected chi connectivity index (χ2v) is 12.0. The number of rotatable bonds is 13. The van der Waals surface area contributed by atoms with Gasteiger partial charge in [0, 0.05) is 24.3 Å². The van der Waals surface area contributed by atoms with E-state index in [2.05, 4.69) is 69.1 Å². The summed E-state index contributed by atoms with van der Waals surface area (Å²) in [5, 5.41) is 18.3. The first kappa shape index (κ1) is 37.8. The lowest BCUT2D eigenvalue weighted by Crippen LogP contribution is -2.15. The van der Waals surface area contributed by atoms with E-state index in [0.717, 1.165) is 58.4 Å². The van der Waals surface area contributed by atoms with Crippen LogP contribution < -0.4 is 0 Å².